The van der Waals surface area contributed by atoms with Crippen molar-refractivity contribution in [1.29, 1.82) is 0 Å². The Morgan fingerprint density at radius 1 is 0.892 bits per heavy atom. The lowest BCUT2D eigenvalue weighted by atomic mass is 10.1. The third kappa shape index (κ3) is 7.06. The fourth-order valence-electron chi connectivity index (χ4n) is 4.10. The molecule has 0 spiro atoms. The zero-order chi connectivity index (χ0) is 26.6. The van der Waals surface area contributed by atoms with Crippen LogP contribution in [0.1, 0.15) is 33.2 Å². The summed E-state index contributed by atoms with van der Waals surface area (Å²) >= 11 is 6.02. The standard InChI is InChI=1S/C27H24ClF5N2O2/c28-22-8-3-19(4-9-22)25(37-17-18-1-6-21(7-2-18)27(31,32)33)16-34-11-13-35(14-12-34)26(36)20-5-10-23(29)24(30)15-20/h1-10,15,25H,11-14,16-17H2/t25-/m0/s1. The normalized spacial score (nSPS) is 15.6. The first-order chi connectivity index (χ1) is 17.6. The summed E-state index contributed by atoms with van der Waals surface area (Å²) < 4.78 is 71.4. The summed E-state index contributed by atoms with van der Waals surface area (Å²) in [4.78, 5) is 16.4. The molecule has 1 amide bonds. The van der Waals surface area contributed by atoms with Gasteiger partial charge in [0, 0.05) is 43.3 Å². The Labute approximate surface area is 216 Å². The van der Waals surface area contributed by atoms with E-state index < -0.39 is 29.5 Å². The van der Waals surface area contributed by atoms with Gasteiger partial charge in [-0.2, -0.15) is 13.2 Å². The molecule has 3 aromatic rings. The topological polar surface area (TPSA) is 32.8 Å². The summed E-state index contributed by atoms with van der Waals surface area (Å²) in [5.74, 6) is -2.45. The summed E-state index contributed by atoms with van der Waals surface area (Å²) in [5.41, 5.74) is 0.832. The van der Waals surface area contributed by atoms with Crippen molar-refractivity contribution >= 4 is 17.5 Å². The van der Waals surface area contributed by atoms with Crippen LogP contribution in [0, 0.1) is 11.6 Å². The van der Waals surface area contributed by atoms with Gasteiger partial charge in [-0.3, -0.25) is 9.69 Å². The van der Waals surface area contributed by atoms with Gasteiger partial charge in [-0.05, 0) is 53.6 Å². The van der Waals surface area contributed by atoms with Crippen LogP contribution in [0.25, 0.3) is 0 Å². The Morgan fingerprint density at radius 2 is 1.54 bits per heavy atom. The predicted molar refractivity (Wildman–Crippen MR) is 129 cm³/mol. The Bertz CT molecular complexity index is 1210. The van der Waals surface area contributed by atoms with Crippen molar-refractivity contribution in [1.82, 2.24) is 9.80 Å². The molecule has 0 bridgehead atoms. The molecule has 0 radical (unpaired) electrons. The summed E-state index contributed by atoms with van der Waals surface area (Å²) in [6.07, 6.45) is -4.80. The molecule has 4 nitrogen and oxygen atoms in total. The van der Waals surface area contributed by atoms with Gasteiger partial charge in [0.1, 0.15) is 0 Å². The molecule has 10 heteroatoms. The van der Waals surface area contributed by atoms with Crippen molar-refractivity contribution in [2.45, 2.75) is 18.9 Å². The lowest BCUT2D eigenvalue weighted by molar-refractivity contribution is -0.137. The molecule has 1 atom stereocenters. The number of alkyl halides is 3. The maximum Gasteiger partial charge on any atom is 0.416 e. The number of hydrogen-bond acceptors (Lipinski definition) is 3. The van der Waals surface area contributed by atoms with E-state index in [1.54, 1.807) is 17.0 Å². The number of carbonyl (C=O) groups is 1. The second-order valence-electron chi connectivity index (χ2n) is 8.77. The van der Waals surface area contributed by atoms with Crippen LogP contribution < -0.4 is 0 Å². The highest BCUT2D eigenvalue weighted by Crippen LogP contribution is 2.30. The van der Waals surface area contributed by atoms with Gasteiger partial charge in [0.15, 0.2) is 11.6 Å². The highest BCUT2D eigenvalue weighted by molar-refractivity contribution is 6.30. The first kappa shape index (κ1) is 27.0. The molecular weight excluding hydrogens is 515 g/mol. The van der Waals surface area contributed by atoms with E-state index in [4.69, 9.17) is 16.3 Å². The lowest BCUT2D eigenvalue weighted by Gasteiger charge is -2.36. The van der Waals surface area contributed by atoms with Gasteiger partial charge < -0.3 is 9.64 Å². The van der Waals surface area contributed by atoms with Gasteiger partial charge in [0.05, 0.1) is 18.3 Å². The minimum atomic E-state index is -4.40. The first-order valence-electron chi connectivity index (χ1n) is 11.6. The quantitative estimate of drug-likeness (QED) is 0.329. The van der Waals surface area contributed by atoms with Crippen LogP contribution in [-0.4, -0.2) is 48.4 Å². The summed E-state index contributed by atoms with van der Waals surface area (Å²) in [5, 5.41) is 0.564. The molecule has 1 aliphatic heterocycles. The average molecular weight is 539 g/mol. The van der Waals surface area contributed by atoms with E-state index in [-0.39, 0.29) is 18.1 Å². The first-order valence-corrected chi connectivity index (χ1v) is 12.0. The van der Waals surface area contributed by atoms with Gasteiger partial charge in [-0.15, -0.1) is 0 Å². The number of ether oxygens (including phenoxy) is 1. The average Bonchev–Trinajstić information content (AvgIpc) is 2.88. The van der Waals surface area contributed by atoms with E-state index >= 15 is 0 Å². The van der Waals surface area contributed by atoms with Crippen LogP contribution in [-0.2, 0) is 17.5 Å². The fraction of sp³-hybridized carbons (Fsp3) is 0.296. The monoisotopic (exact) mass is 538 g/mol. The van der Waals surface area contributed by atoms with Crippen LogP contribution in [0.2, 0.25) is 5.02 Å². The smallest absolute Gasteiger partial charge is 0.368 e. The SMILES string of the molecule is O=C(c1ccc(F)c(F)c1)N1CCN(C[C@H](OCc2ccc(C(F)(F)F)cc2)c2ccc(Cl)cc2)CC1. The Morgan fingerprint density at radius 3 is 2.14 bits per heavy atom. The molecule has 1 heterocycles. The fourth-order valence-corrected chi connectivity index (χ4v) is 4.22. The molecule has 0 aromatic heterocycles. The molecule has 1 fully saturated rings. The molecule has 37 heavy (non-hydrogen) atoms. The van der Waals surface area contributed by atoms with E-state index in [2.05, 4.69) is 4.90 Å². The second kappa shape index (κ2) is 11.6. The lowest BCUT2D eigenvalue weighted by Crippen LogP contribution is -2.49. The number of amides is 1. The summed E-state index contributed by atoms with van der Waals surface area (Å²) in [7, 11) is 0. The van der Waals surface area contributed by atoms with E-state index in [9.17, 15) is 26.7 Å². The van der Waals surface area contributed by atoms with Crippen LogP contribution >= 0.6 is 11.6 Å². The van der Waals surface area contributed by atoms with Gasteiger partial charge in [-0.25, -0.2) is 8.78 Å². The van der Waals surface area contributed by atoms with Crippen molar-refractivity contribution in [3.05, 3.63) is 106 Å². The number of halogens is 6. The third-order valence-electron chi connectivity index (χ3n) is 6.22. The number of carbonyl (C=O) groups excluding carboxylic acids is 1. The van der Waals surface area contributed by atoms with Crippen LogP contribution in [0.3, 0.4) is 0 Å². The third-order valence-corrected chi connectivity index (χ3v) is 6.48. The molecular formula is C27H24ClF5N2O2. The molecule has 3 aromatic carbocycles. The second-order valence-corrected chi connectivity index (χ2v) is 9.20. The zero-order valence-corrected chi connectivity index (χ0v) is 20.4. The van der Waals surface area contributed by atoms with E-state index in [1.165, 1.54) is 18.2 Å². The van der Waals surface area contributed by atoms with E-state index in [0.717, 1.165) is 29.8 Å². The predicted octanol–water partition coefficient (Wildman–Crippen LogP) is 6.35. The van der Waals surface area contributed by atoms with Crippen LogP contribution in [0.5, 0.6) is 0 Å². The summed E-state index contributed by atoms with van der Waals surface area (Å²) in [6, 6.07) is 15.1. The number of piperazine rings is 1. The largest absolute Gasteiger partial charge is 0.416 e. The highest BCUT2D eigenvalue weighted by Gasteiger charge is 2.30. The number of rotatable bonds is 7. The van der Waals surface area contributed by atoms with Crippen molar-refractivity contribution in [3.8, 4) is 0 Å². The van der Waals surface area contributed by atoms with Crippen molar-refractivity contribution in [3.63, 3.8) is 0 Å². The number of nitrogens with zero attached hydrogens (tertiary/aromatic N) is 2. The maximum atomic E-state index is 13.5. The molecule has 4 rings (SSSR count). The Kier molecular flexibility index (Phi) is 8.46. The summed E-state index contributed by atoms with van der Waals surface area (Å²) in [6.45, 7) is 2.44. The van der Waals surface area contributed by atoms with Gasteiger partial charge in [-0.1, -0.05) is 35.9 Å². The van der Waals surface area contributed by atoms with Crippen LogP contribution in [0.4, 0.5) is 22.0 Å². The molecule has 1 saturated heterocycles. The Balaban J connectivity index is 1.38. The molecule has 0 unspecified atom stereocenters. The van der Waals surface area contributed by atoms with Crippen LogP contribution in [0.15, 0.2) is 66.7 Å². The van der Waals surface area contributed by atoms with Gasteiger partial charge >= 0.3 is 6.18 Å². The minimum absolute atomic E-state index is 0.0891. The van der Waals surface area contributed by atoms with E-state index in [0.29, 0.717) is 43.3 Å². The maximum absolute atomic E-state index is 13.5. The molecule has 1 aliphatic rings. The van der Waals surface area contributed by atoms with E-state index in [1.807, 2.05) is 12.1 Å². The molecule has 0 aliphatic carbocycles. The van der Waals surface area contributed by atoms with Gasteiger partial charge in [0.25, 0.3) is 5.91 Å². The van der Waals surface area contributed by atoms with Crippen molar-refractivity contribution in [2.24, 2.45) is 0 Å². The zero-order valence-electron chi connectivity index (χ0n) is 19.6. The van der Waals surface area contributed by atoms with Crippen molar-refractivity contribution < 1.29 is 31.5 Å². The number of hydrogen-bond donors (Lipinski definition) is 0. The molecule has 0 N–H and O–H groups in total. The van der Waals surface area contributed by atoms with Crippen molar-refractivity contribution in [2.75, 3.05) is 32.7 Å². The molecule has 196 valence electrons. The minimum Gasteiger partial charge on any atom is -0.368 e. The molecule has 0 saturated carbocycles. The van der Waals surface area contributed by atoms with Gasteiger partial charge in [0.2, 0.25) is 0 Å². The number of benzene rings is 3. The highest BCUT2D eigenvalue weighted by atomic mass is 35.5. The Hall–Kier alpha value is -3.01.